The van der Waals surface area contributed by atoms with Crippen molar-refractivity contribution in [1.82, 2.24) is 9.78 Å². The molecule has 3 rings (SSSR count). The maximum atomic E-state index is 6.24. The number of nitrogens with zero attached hydrogens (tertiary/aromatic N) is 2. The van der Waals surface area contributed by atoms with Gasteiger partial charge in [-0.15, -0.1) is 0 Å². The smallest absolute Gasteiger partial charge is 0.105 e. The van der Waals surface area contributed by atoms with Crippen molar-refractivity contribution in [3.05, 3.63) is 71.9 Å². The average Bonchev–Trinajstić information content (AvgIpc) is 3.08. The topological polar surface area (TPSA) is 57.0 Å². The molecule has 0 aliphatic carbocycles. The summed E-state index contributed by atoms with van der Waals surface area (Å²) < 4.78 is 7.12. The van der Waals surface area contributed by atoms with Crippen LogP contribution in [0.5, 0.6) is 0 Å². The standard InChI is InChI=1S/C15H15N3O/c1-11-14(7-8-19-11)15(16)12-9-17-18(10-12)13-5-3-2-4-6-13/h2-10,15H,16H2,1H3. The summed E-state index contributed by atoms with van der Waals surface area (Å²) in [6.07, 6.45) is 5.41. The number of hydrogen-bond acceptors (Lipinski definition) is 3. The molecule has 2 heterocycles. The number of benzene rings is 1. The molecule has 96 valence electrons. The Bertz CT molecular complexity index is 670. The van der Waals surface area contributed by atoms with E-state index >= 15 is 0 Å². The van der Waals surface area contributed by atoms with Crippen LogP contribution >= 0.6 is 0 Å². The van der Waals surface area contributed by atoms with E-state index in [1.54, 1.807) is 12.5 Å². The minimum absolute atomic E-state index is 0.212. The summed E-state index contributed by atoms with van der Waals surface area (Å²) in [6.45, 7) is 1.91. The molecule has 1 unspecified atom stereocenters. The van der Waals surface area contributed by atoms with Gasteiger partial charge in [0.1, 0.15) is 5.76 Å². The summed E-state index contributed by atoms with van der Waals surface area (Å²) in [5.41, 5.74) is 9.22. The van der Waals surface area contributed by atoms with Gasteiger partial charge >= 0.3 is 0 Å². The van der Waals surface area contributed by atoms with Crippen LogP contribution in [0, 0.1) is 6.92 Å². The SMILES string of the molecule is Cc1occc1C(N)c1cnn(-c2ccccc2)c1. The van der Waals surface area contributed by atoms with Gasteiger partial charge in [-0.1, -0.05) is 18.2 Å². The summed E-state index contributed by atoms with van der Waals surface area (Å²) in [6, 6.07) is 11.6. The molecule has 0 amide bonds. The molecule has 0 bridgehead atoms. The van der Waals surface area contributed by atoms with Crippen molar-refractivity contribution >= 4 is 0 Å². The molecule has 3 aromatic rings. The molecular formula is C15H15N3O. The van der Waals surface area contributed by atoms with Crippen LogP contribution in [0.3, 0.4) is 0 Å². The zero-order valence-corrected chi connectivity index (χ0v) is 10.7. The molecule has 0 aliphatic heterocycles. The number of hydrogen-bond donors (Lipinski definition) is 1. The second-order valence-corrected chi connectivity index (χ2v) is 4.46. The molecule has 0 saturated carbocycles. The van der Waals surface area contributed by atoms with Gasteiger partial charge in [0.2, 0.25) is 0 Å². The third-order valence-corrected chi connectivity index (χ3v) is 3.22. The van der Waals surface area contributed by atoms with Gasteiger partial charge in [-0.3, -0.25) is 0 Å². The normalized spacial score (nSPS) is 12.5. The fraction of sp³-hybridized carbons (Fsp3) is 0.133. The van der Waals surface area contributed by atoms with Gasteiger partial charge in [0, 0.05) is 17.3 Å². The molecule has 0 aliphatic rings. The van der Waals surface area contributed by atoms with E-state index in [9.17, 15) is 0 Å². The van der Waals surface area contributed by atoms with Gasteiger partial charge < -0.3 is 10.2 Å². The molecule has 0 radical (unpaired) electrons. The first-order valence-corrected chi connectivity index (χ1v) is 6.15. The number of aryl methyl sites for hydroxylation is 1. The van der Waals surface area contributed by atoms with Crippen LogP contribution in [0.1, 0.15) is 22.9 Å². The Kier molecular flexibility index (Phi) is 2.93. The lowest BCUT2D eigenvalue weighted by Crippen LogP contribution is -2.11. The minimum Gasteiger partial charge on any atom is -0.469 e. The molecule has 0 saturated heterocycles. The molecule has 4 nitrogen and oxygen atoms in total. The third kappa shape index (κ3) is 2.18. The lowest BCUT2D eigenvalue weighted by atomic mass is 10.0. The van der Waals surface area contributed by atoms with Crippen LogP contribution in [0.25, 0.3) is 5.69 Å². The highest BCUT2D eigenvalue weighted by Gasteiger charge is 2.15. The molecule has 19 heavy (non-hydrogen) atoms. The molecule has 2 N–H and O–H groups in total. The van der Waals surface area contributed by atoms with Crippen molar-refractivity contribution in [3.63, 3.8) is 0 Å². The molecule has 2 aromatic heterocycles. The molecule has 0 spiro atoms. The minimum atomic E-state index is -0.212. The first kappa shape index (κ1) is 11.7. The van der Waals surface area contributed by atoms with E-state index < -0.39 is 0 Å². The highest BCUT2D eigenvalue weighted by atomic mass is 16.3. The molecule has 1 aromatic carbocycles. The Hall–Kier alpha value is -2.33. The Morgan fingerprint density at radius 2 is 2.00 bits per heavy atom. The number of nitrogens with two attached hydrogens (primary N) is 1. The molecule has 1 atom stereocenters. The van der Waals surface area contributed by atoms with Gasteiger partial charge in [-0.05, 0) is 25.1 Å². The molecular weight excluding hydrogens is 238 g/mol. The van der Waals surface area contributed by atoms with Crippen molar-refractivity contribution in [3.8, 4) is 5.69 Å². The number of aromatic nitrogens is 2. The van der Waals surface area contributed by atoms with Gasteiger partial charge in [-0.2, -0.15) is 5.10 Å². The van der Waals surface area contributed by atoms with Gasteiger partial charge in [-0.25, -0.2) is 4.68 Å². The number of para-hydroxylation sites is 1. The van der Waals surface area contributed by atoms with E-state index in [-0.39, 0.29) is 6.04 Å². The monoisotopic (exact) mass is 253 g/mol. The van der Waals surface area contributed by atoms with Crippen LogP contribution in [-0.2, 0) is 0 Å². The zero-order chi connectivity index (χ0) is 13.2. The van der Waals surface area contributed by atoms with E-state index in [1.165, 1.54) is 0 Å². The van der Waals surface area contributed by atoms with Crippen LogP contribution < -0.4 is 5.73 Å². The number of rotatable bonds is 3. The van der Waals surface area contributed by atoms with Crippen molar-refractivity contribution in [2.24, 2.45) is 5.73 Å². The fourth-order valence-corrected chi connectivity index (χ4v) is 2.12. The Morgan fingerprint density at radius 1 is 1.21 bits per heavy atom. The van der Waals surface area contributed by atoms with E-state index in [0.717, 1.165) is 22.6 Å². The van der Waals surface area contributed by atoms with Crippen LogP contribution in [0.15, 0.2) is 59.5 Å². The Labute approximate surface area is 111 Å². The Morgan fingerprint density at radius 3 is 2.68 bits per heavy atom. The maximum Gasteiger partial charge on any atom is 0.105 e. The lowest BCUT2D eigenvalue weighted by Gasteiger charge is -2.07. The highest BCUT2D eigenvalue weighted by molar-refractivity contribution is 5.34. The predicted molar refractivity (Wildman–Crippen MR) is 73.0 cm³/mol. The van der Waals surface area contributed by atoms with Crippen molar-refractivity contribution in [2.75, 3.05) is 0 Å². The fourth-order valence-electron chi connectivity index (χ4n) is 2.12. The van der Waals surface area contributed by atoms with Gasteiger partial charge in [0.15, 0.2) is 0 Å². The first-order chi connectivity index (χ1) is 9.25. The van der Waals surface area contributed by atoms with Gasteiger partial charge in [0.25, 0.3) is 0 Å². The second-order valence-electron chi connectivity index (χ2n) is 4.46. The lowest BCUT2D eigenvalue weighted by molar-refractivity contribution is 0.527. The highest BCUT2D eigenvalue weighted by Crippen LogP contribution is 2.23. The first-order valence-electron chi connectivity index (χ1n) is 6.15. The van der Waals surface area contributed by atoms with E-state index in [2.05, 4.69) is 5.10 Å². The molecule has 0 fully saturated rings. The van der Waals surface area contributed by atoms with Gasteiger partial charge in [0.05, 0.1) is 24.2 Å². The van der Waals surface area contributed by atoms with Crippen LogP contribution in [0.2, 0.25) is 0 Å². The summed E-state index contributed by atoms with van der Waals surface area (Å²) in [4.78, 5) is 0. The second kappa shape index (κ2) is 4.74. The largest absolute Gasteiger partial charge is 0.469 e. The summed E-state index contributed by atoms with van der Waals surface area (Å²) in [5, 5.41) is 4.35. The third-order valence-electron chi connectivity index (χ3n) is 3.22. The Balaban J connectivity index is 1.92. The van der Waals surface area contributed by atoms with Crippen molar-refractivity contribution in [2.45, 2.75) is 13.0 Å². The zero-order valence-electron chi connectivity index (χ0n) is 10.7. The van der Waals surface area contributed by atoms with Crippen LogP contribution in [-0.4, -0.2) is 9.78 Å². The van der Waals surface area contributed by atoms with Crippen molar-refractivity contribution in [1.29, 1.82) is 0 Å². The van der Waals surface area contributed by atoms with Crippen LogP contribution in [0.4, 0.5) is 0 Å². The summed E-state index contributed by atoms with van der Waals surface area (Å²) in [7, 11) is 0. The maximum absolute atomic E-state index is 6.24. The predicted octanol–water partition coefficient (Wildman–Crippen LogP) is 2.82. The summed E-state index contributed by atoms with van der Waals surface area (Å²) in [5.74, 6) is 0.847. The van der Waals surface area contributed by atoms with E-state index in [1.807, 2.05) is 54.2 Å². The molecule has 4 heteroatoms. The quantitative estimate of drug-likeness (QED) is 0.780. The number of furan rings is 1. The summed E-state index contributed by atoms with van der Waals surface area (Å²) >= 11 is 0. The van der Waals surface area contributed by atoms with E-state index in [4.69, 9.17) is 10.2 Å². The average molecular weight is 253 g/mol. The van der Waals surface area contributed by atoms with E-state index in [0.29, 0.717) is 0 Å². The van der Waals surface area contributed by atoms with Crippen molar-refractivity contribution < 1.29 is 4.42 Å².